The average molecular weight is 527 g/mol. The summed E-state index contributed by atoms with van der Waals surface area (Å²) in [6.45, 7) is 4.98. The van der Waals surface area contributed by atoms with Crippen LogP contribution in [0.4, 0.5) is 0 Å². The molecule has 0 amide bonds. The number of hydrogen-bond acceptors (Lipinski definition) is 10. The van der Waals surface area contributed by atoms with E-state index < -0.39 is 87.0 Å². The molecule has 8 rings (SSSR count). The first kappa shape index (κ1) is 23.5. The summed E-state index contributed by atoms with van der Waals surface area (Å²) in [6.07, 6.45) is 3.22. The molecule has 2 spiro atoms. The van der Waals surface area contributed by atoms with Gasteiger partial charge in [0.1, 0.15) is 6.10 Å². The third-order valence-electron chi connectivity index (χ3n) is 12.0. The van der Waals surface area contributed by atoms with Crippen LogP contribution >= 0.6 is 0 Å². The van der Waals surface area contributed by atoms with Gasteiger partial charge in [0.2, 0.25) is 5.79 Å². The van der Waals surface area contributed by atoms with Crippen LogP contribution in [0, 0.1) is 34.5 Å². The van der Waals surface area contributed by atoms with Gasteiger partial charge in [0.15, 0.2) is 28.4 Å². The lowest BCUT2D eigenvalue weighted by atomic mass is 9.46. The number of esters is 2. The Bertz CT molecular complexity index is 1330. The number of Topliss-reactive ketones (excluding diaryl/α,β-unsaturated/α-hetero) is 1. The Hall–Kier alpha value is -2.40. The predicted molar refractivity (Wildman–Crippen MR) is 124 cm³/mol. The highest BCUT2D eigenvalue weighted by Crippen LogP contribution is 2.75. The summed E-state index contributed by atoms with van der Waals surface area (Å²) < 4.78 is 25.0. The quantitative estimate of drug-likeness (QED) is 0.429. The van der Waals surface area contributed by atoms with Crippen LogP contribution in [0.15, 0.2) is 23.8 Å². The molecule has 12 atom stereocenters. The van der Waals surface area contributed by atoms with Crippen LogP contribution in [0.5, 0.6) is 0 Å². The van der Waals surface area contributed by atoms with Crippen molar-refractivity contribution >= 4 is 23.5 Å². The molecule has 2 saturated carbocycles. The summed E-state index contributed by atoms with van der Waals surface area (Å²) >= 11 is 0. The predicted octanol–water partition coefficient (Wildman–Crippen LogP) is 0.528. The molecule has 0 aromatic carbocycles. The fourth-order valence-electron chi connectivity index (χ4n) is 10.1. The average Bonchev–Trinajstić information content (AvgIpc) is 3.17. The number of allylic oxidation sites excluding steroid dienone is 3. The SMILES string of the molecule is C[C@]12C(=O)C=CC=C1[C@@H](O)C[C@@H]1[C@@H]2CC[C@@]2(O)C(=O)O[C@@]3(C)[C@H]4C[C@]5(C)[C@@H](CO[C@@]16O[C@]23[C@H]5C6=O)C(=O)O4. The number of carbonyl (C=O) groups excluding carboxylic acids is 4. The molecule has 0 radical (unpaired) electrons. The van der Waals surface area contributed by atoms with Gasteiger partial charge in [-0.15, -0.1) is 0 Å². The van der Waals surface area contributed by atoms with Gasteiger partial charge in [-0.2, -0.15) is 0 Å². The monoisotopic (exact) mass is 526 g/mol. The molecular weight excluding hydrogens is 496 g/mol. The molecule has 2 N–H and O–H groups in total. The van der Waals surface area contributed by atoms with E-state index in [9.17, 15) is 29.4 Å². The molecule has 10 heteroatoms. The third-order valence-corrected chi connectivity index (χ3v) is 12.0. The Balaban J connectivity index is 1.43. The summed E-state index contributed by atoms with van der Waals surface area (Å²) in [5.74, 6) is -7.45. The number of hydrogen-bond donors (Lipinski definition) is 2. The van der Waals surface area contributed by atoms with Gasteiger partial charge in [0, 0.05) is 5.92 Å². The van der Waals surface area contributed by atoms with Crippen LogP contribution in [-0.2, 0) is 38.1 Å². The molecule has 10 nitrogen and oxygen atoms in total. The number of fused-ring (bicyclic) bond motifs is 5. The van der Waals surface area contributed by atoms with Crippen LogP contribution in [0.2, 0.25) is 0 Å². The van der Waals surface area contributed by atoms with Gasteiger partial charge in [-0.05, 0) is 62.5 Å². The minimum absolute atomic E-state index is 0.0843. The molecule has 5 heterocycles. The van der Waals surface area contributed by atoms with Crippen molar-refractivity contribution in [1.29, 1.82) is 0 Å². The van der Waals surface area contributed by atoms with Crippen LogP contribution in [-0.4, -0.2) is 75.1 Å². The van der Waals surface area contributed by atoms with Crippen LogP contribution < -0.4 is 0 Å². The van der Waals surface area contributed by atoms with Gasteiger partial charge >= 0.3 is 11.9 Å². The summed E-state index contributed by atoms with van der Waals surface area (Å²) in [5.41, 5.74) is -7.44. The van der Waals surface area contributed by atoms with Crippen molar-refractivity contribution in [2.24, 2.45) is 34.5 Å². The van der Waals surface area contributed by atoms with Crippen molar-refractivity contribution in [2.45, 2.75) is 81.3 Å². The maximum absolute atomic E-state index is 14.9. The highest BCUT2D eigenvalue weighted by molar-refractivity contribution is 6.01. The Morgan fingerprint density at radius 2 is 1.84 bits per heavy atom. The molecule has 38 heavy (non-hydrogen) atoms. The first-order valence-corrected chi connectivity index (χ1v) is 13.5. The number of aliphatic hydroxyl groups excluding tert-OH is 1. The Morgan fingerprint density at radius 1 is 1.08 bits per heavy atom. The molecule has 0 unspecified atom stereocenters. The van der Waals surface area contributed by atoms with E-state index in [1.165, 1.54) is 6.08 Å². The minimum atomic E-state index is -2.24. The first-order valence-electron chi connectivity index (χ1n) is 13.5. The molecule has 7 fully saturated rings. The molecule has 5 aliphatic heterocycles. The molecule has 8 aliphatic rings. The van der Waals surface area contributed by atoms with E-state index >= 15 is 0 Å². The third kappa shape index (κ3) is 2.00. The van der Waals surface area contributed by atoms with Crippen molar-refractivity contribution in [3.8, 4) is 0 Å². The van der Waals surface area contributed by atoms with E-state index in [0.717, 1.165) is 0 Å². The van der Waals surface area contributed by atoms with Crippen molar-refractivity contribution in [1.82, 2.24) is 0 Å². The van der Waals surface area contributed by atoms with E-state index in [1.54, 1.807) is 26.0 Å². The van der Waals surface area contributed by atoms with Crippen molar-refractivity contribution in [2.75, 3.05) is 6.61 Å². The molecule has 5 saturated heterocycles. The largest absolute Gasteiger partial charge is 0.458 e. The van der Waals surface area contributed by atoms with Gasteiger partial charge in [-0.25, -0.2) is 4.79 Å². The maximum Gasteiger partial charge on any atom is 0.342 e. The lowest BCUT2D eigenvalue weighted by molar-refractivity contribution is -0.376. The smallest absolute Gasteiger partial charge is 0.342 e. The van der Waals surface area contributed by atoms with Gasteiger partial charge < -0.3 is 29.2 Å². The molecular formula is C28H30O10. The van der Waals surface area contributed by atoms with Gasteiger partial charge in [0.25, 0.3) is 0 Å². The van der Waals surface area contributed by atoms with Crippen LogP contribution in [0.1, 0.15) is 46.5 Å². The van der Waals surface area contributed by atoms with Gasteiger partial charge in [0.05, 0.1) is 30.0 Å². The second-order valence-corrected chi connectivity index (χ2v) is 13.2. The first-order chi connectivity index (χ1) is 17.8. The van der Waals surface area contributed by atoms with Gasteiger partial charge in [-0.3, -0.25) is 14.4 Å². The number of rotatable bonds is 0. The second kappa shape index (κ2) is 6.32. The van der Waals surface area contributed by atoms with E-state index in [4.69, 9.17) is 18.9 Å². The summed E-state index contributed by atoms with van der Waals surface area (Å²) in [4.78, 5) is 55.3. The normalized spacial score (nSPS) is 59.2. The zero-order valence-corrected chi connectivity index (χ0v) is 21.4. The van der Waals surface area contributed by atoms with E-state index in [2.05, 4.69) is 0 Å². The molecule has 0 aromatic heterocycles. The number of carbonyl (C=O) groups is 4. The highest BCUT2D eigenvalue weighted by atomic mass is 16.8. The highest BCUT2D eigenvalue weighted by Gasteiger charge is 2.93. The van der Waals surface area contributed by atoms with Crippen molar-refractivity contribution in [3.05, 3.63) is 23.8 Å². The number of ether oxygens (including phenoxy) is 4. The maximum atomic E-state index is 14.9. The fourth-order valence-corrected chi connectivity index (χ4v) is 10.1. The second-order valence-electron chi connectivity index (χ2n) is 13.2. The number of ketones is 2. The summed E-state index contributed by atoms with van der Waals surface area (Å²) in [6, 6.07) is 0. The Morgan fingerprint density at radius 3 is 2.61 bits per heavy atom. The van der Waals surface area contributed by atoms with Gasteiger partial charge in [-0.1, -0.05) is 19.1 Å². The fraction of sp³-hybridized carbons (Fsp3) is 0.714. The minimum Gasteiger partial charge on any atom is -0.458 e. The topological polar surface area (TPSA) is 146 Å². The lowest BCUT2D eigenvalue weighted by Crippen LogP contribution is -2.79. The molecule has 5 bridgehead atoms. The van der Waals surface area contributed by atoms with Crippen molar-refractivity contribution in [3.63, 3.8) is 0 Å². The van der Waals surface area contributed by atoms with E-state index in [-0.39, 0.29) is 38.1 Å². The summed E-state index contributed by atoms with van der Waals surface area (Å²) in [5, 5.41) is 23.7. The standard InChI is InChI=1S/C28H30O10/c1-23-10-18-25(3)28-19(23)20(31)27(38-28,35-11-15(23)21(32)36-18)14-9-16(29)13-5-4-6-17(30)24(13,2)12(14)7-8-26(28,34)22(33)37-25/h4-6,12,14-16,18-19,29,34H,7-11H2,1-3H3/t12-,14+,15-,16-,18+,19-,23+,24+,25-,26+,27+,28-/m0/s1. The molecule has 202 valence electrons. The van der Waals surface area contributed by atoms with E-state index in [0.29, 0.717) is 5.57 Å². The molecule has 3 aliphatic carbocycles. The zero-order chi connectivity index (χ0) is 26.8. The van der Waals surface area contributed by atoms with Crippen LogP contribution in [0.3, 0.4) is 0 Å². The Labute approximate surface area is 218 Å². The number of aliphatic hydroxyl groups is 2. The zero-order valence-electron chi connectivity index (χ0n) is 21.4. The Kier molecular flexibility index (Phi) is 3.91. The van der Waals surface area contributed by atoms with E-state index in [1.807, 2.05) is 6.92 Å². The lowest BCUT2D eigenvalue weighted by Gasteiger charge is -2.63. The summed E-state index contributed by atoms with van der Waals surface area (Å²) in [7, 11) is 0. The van der Waals surface area contributed by atoms with Crippen LogP contribution in [0.25, 0.3) is 0 Å². The van der Waals surface area contributed by atoms with Crippen molar-refractivity contribution < 1.29 is 48.3 Å². The molecule has 0 aromatic rings.